The standard InChI is InChI=1S/C18H18N2O3/c1-19-12-17(16-4-2-3-5-18(16)19)15(10-11-21)13-6-8-14(9-7-13)20(22)23/h2-9,12,15,21H,10-11H2,1H3/t15-/m0/s1. The van der Waals surface area contributed by atoms with E-state index in [1.807, 2.05) is 19.2 Å². The number of benzene rings is 2. The Morgan fingerprint density at radius 1 is 1.17 bits per heavy atom. The molecular formula is C18H18N2O3. The van der Waals surface area contributed by atoms with Gasteiger partial charge in [0, 0.05) is 48.8 Å². The average Bonchev–Trinajstić information content (AvgIpc) is 2.90. The van der Waals surface area contributed by atoms with Crippen LogP contribution in [0.1, 0.15) is 23.5 Å². The molecule has 5 nitrogen and oxygen atoms in total. The molecule has 0 amide bonds. The van der Waals surface area contributed by atoms with Crippen LogP contribution >= 0.6 is 0 Å². The van der Waals surface area contributed by atoms with Gasteiger partial charge in [-0.3, -0.25) is 10.1 Å². The molecule has 23 heavy (non-hydrogen) atoms. The van der Waals surface area contributed by atoms with Crippen LogP contribution in [0.2, 0.25) is 0 Å². The van der Waals surface area contributed by atoms with Gasteiger partial charge >= 0.3 is 0 Å². The molecule has 118 valence electrons. The van der Waals surface area contributed by atoms with Crippen LogP contribution in [0.4, 0.5) is 5.69 Å². The van der Waals surface area contributed by atoms with Crippen molar-refractivity contribution < 1.29 is 10.0 Å². The Balaban J connectivity index is 2.08. The Hall–Kier alpha value is -2.66. The Morgan fingerprint density at radius 3 is 2.52 bits per heavy atom. The summed E-state index contributed by atoms with van der Waals surface area (Å²) in [4.78, 5) is 10.4. The minimum atomic E-state index is -0.400. The van der Waals surface area contributed by atoms with Crippen LogP contribution in [-0.2, 0) is 7.05 Å². The molecule has 3 rings (SSSR count). The summed E-state index contributed by atoms with van der Waals surface area (Å²) in [6, 6.07) is 14.7. The highest BCUT2D eigenvalue weighted by Crippen LogP contribution is 2.34. The molecule has 1 atom stereocenters. The molecule has 1 heterocycles. The van der Waals surface area contributed by atoms with Gasteiger partial charge in [0.05, 0.1) is 4.92 Å². The highest BCUT2D eigenvalue weighted by atomic mass is 16.6. The van der Waals surface area contributed by atoms with Gasteiger partial charge in [0.1, 0.15) is 0 Å². The highest BCUT2D eigenvalue weighted by Gasteiger charge is 2.19. The molecule has 5 heteroatoms. The van der Waals surface area contributed by atoms with Crippen LogP contribution in [-0.4, -0.2) is 21.2 Å². The zero-order chi connectivity index (χ0) is 16.4. The van der Waals surface area contributed by atoms with Gasteiger partial charge < -0.3 is 9.67 Å². The van der Waals surface area contributed by atoms with Gasteiger partial charge in [0.2, 0.25) is 0 Å². The maximum absolute atomic E-state index is 10.8. The van der Waals surface area contributed by atoms with Crippen molar-refractivity contribution in [2.24, 2.45) is 7.05 Å². The van der Waals surface area contributed by atoms with Gasteiger partial charge in [-0.05, 0) is 23.6 Å². The van der Waals surface area contributed by atoms with Gasteiger partial charge in [-0.25, -0.2) is 0 Å². The lowest BCUT2D eigenvalue weighted by atomic mass is 9.88. The van der Waals surface area contributed by atoms with Gasteiger partial charge in [0.25, 0.3) is 5.69 Å². The number of rotatable bonds is 5. The second kappa shape index (κ2) is 6.22. The third-order valence-electron chi connectivity index (χ3n) is 4.23. The topological polar surface area (TPSA) is 68.3 Å². The zero-order valence-electron chi connectivity index (χ0n) is 12.8. The number of aryl methyl sites for hydroxylation is 1. The first-order chi connectivity index (χ1) is 11.1. The SMILES string of the molecule is Cn1cc([C@@H](CCO)c2ccc([N+](=O)[O-])cc2)c2ccccc21. The van der Waals surface area contributed by atoms with Gasteiger partial charge in [0.15, 0.2) is 0 Å². The zero-order valence-corrected chi connectivity index (χ0v) is 12.8. The number of nitro benzene ring substituents is 1. The maximum Gasteiger partial charge on any atom is 0.269 e. The summed E-state index contributed by atoms with van der Waals surface area (Å²) < 4.78 is 2.07. The van der Waals surface area contributed by atoms with Gasteiger partial charge in [-0.2, -0.15) is 0 Å². The monoisotopic (exact) mass is 310 g/mol. The number of hydrogen-bond donors (Lipinski definition) is 1. The molecule has 0 fully saturated rings. The number of aliphatic hydroxyl groups is 1. The van der Waals surface area contributed by atoms with Crippen molar-refractivity contribution in [1.29, 1.82) is 0 Å². The first-order valence-electron chi connectivity index (χ1n) is 7.51. The van der Waals surface area contributed by atoms with Crippen LogP contribution in [0.25, 0.3) is 10.9 Å². The fourth-order valence-electron chi connectivity index (χ4n) is 3.11. The van der Waals surface area contributed by atoms with Crippen molar-refractivity contribution in [3.63, 3.8) is 0 Å². The molecule has 0 saturated heterocycles. The number of aliphatic hydroxyl groups excluding tert-OH is 1. The van der Waals surface area contributed by atoms with E-state index >= 15 is 0 Å². The summed E-state index contributed by atoms with van der Waals surface area (Å²) in [5.74, 6) is 0.00639. The Kier molecular flexibility index (Phi) is 4.12. The molecule has 1 aromatic heterocycles. The molecule has 0 unspecified atom stereocenters. The predicted molar refractivity (Wildman–Crippen MR) is 89.6 cm³/mol. The normalized spacial score (nSPS) is 12.4. The van der Waals surface area contributed by atoms with Crippen LogP contribution in [0.5, 0.6) is 0 Å². The third-order valence-corrected chi connectivity index (χ3v) is 4.23. The molecular weight excluding hydrogens is 292 g/mol. The van der Waals surface area contributed by atoms with E-state index in [4.69, 9.17) is 0 Å². The molecule has 0 aliphatic rings. The summed E-state index contributed by atoms with van der Waals surface area (Å²) >= 11 is 0. The van der Waals surface area contributed by atoms with Crippen LogP contribution in [0.3, 0.4) is 0 Å². The lowest BCUT2D eigenvalue weighted by Crippen LogP contribution is -2.03. The van der Waals surface area contributed by atoms with Crippen LogP contribution in [0, 0.1) is 10.1 Å². The summed E-state index contributed by atoms with van der Waals surface area (Å²) in [5.41, 5.74) is 3.31. The molecule has 0 aliphatic heterocycles. The fraction of sp³-hybridized carbons (Fsp3) is 0.222. The number of para-hydroxylation sites is 1. The van der Waals surface area contributed by atoms with Crippen molar-refractivity contribution in [2.45, 2.75) is 12.3 Å². The first-order valence-corrected chi connectivity index (χ1v) is 7.51. The summed E-state index contributed by atoms with van der Waals surface area (Å²) in [6.45, 7) is 0.0604. The summed E-state index contributed by atoms with van der Waals surface area (Å²) in [5, 5.41) is 21.4. The van der Waals surface area contributed by atoms with Crippen molar-refractivity contribution in [2.75, 3.05) is 6.61 Å². The van der Waals surface area contributed by atoms with Gasteiger partial charge in [-0.1, -0.05) is 30.3 Å². The van der Waals surface area contributed by atoms with E-state index in [-0.39, 0.29) is 18.2 Å². The van der Waals surface area contributed by atoms with Crippen molar-refractivity contribution in [1.82, 2.24) is 4.57 Å². The molecule has 0 saturated carbocycles. The number of non-ortho nitro benzene ring substituents is 1. The first kappa shape index (κ1) is 15.2. The third kappa shape index (κ3) is 2.83. The molecule has 0 radical (unpaired) electrons. The Bertz CT molecular complexity index is 837. The van der Waals surface area contributed by atoms with E-state index < -0.39 is 4.92 Å². The Labute approximate surface area is 133 Å². The minimum Gasteiger partial charge on any atom is -0.396 e. The minimum absolute atomic E-state index is 0.00639. The quantitative estimate of drug-likeness (QED) is 0.578. The maximum atomic E-state index is 10.8. The van der Waals surface area contributed by atoms with E-state index in [9.17, 15) is 15.2 Å². The van der Waals surface area contributed by atoms with Crippen molar-refractivity contribution in [3.8, 4) is 0 Å². The van der Waals surface area contributed by atoms with E-state index in [0.717, 1.165) is 22.0 Å². The van der Waals surface area contributed by atoms with E-state index in [1.54, 1.807) is 12.1 Å². The number of fused-ring (bicyclic) bond motifs is 1. The number of aromatic nitrogens is 1. The molecule has 0 aliphatic carbocycles. The lowest BCUT2D eigenvalue weighted by Gasteiger charge is -2.16. The molecule has 3 aromatic rings. The molecule has 2 aromatic carbocycles. The van der Waals surface area contributed by atoms with Crippen LogP contribution < -0.4 is 0 Å². The highest BCUT2D eigenvalue weighted by molar-refractivity contribution is 5.85. The number of nitro groups is 1. The predicted octanol–water partition coefficient (Wildman–Crippen LogP) is 3.60. The summed E-state index contributed by atoms with van der Waals surface area (Å²) in [7, 11) is 2.00. The fourth-order valence-corrected chi connectivity index (χ4v) is 3.11. The molecule has 0 spiro atoms. The average molecular weight is 310 g/mol. The van der Waals surface area contributed by atoms with Gasteiger partial charge in [-0.15, -0.1) is 0 Å². The van der Waals surface area contributed by atoms with Crippen LogP contribution in [0.15, 0.2) is 54.7 Å². The smallest absolute Gasteiger partial charge is 0.269 e. The van der Waals surface area contributed by atoms with E-state index in [0.29, 0.717) is 6.42 Å². The molecule has 1 N–H and O–H groups in total. The van der Waals surface area contributed by atoms with E-state index in [2.05, 4.69) is 22.9 Å². The molecule has 0 bridgehead atoms. The van der Waals surface area contributed by atoms with Crippen molar-refractivity contribution in [3.05, 3.63) is 76.0 Å². The number of nitrogens with zero attached hydrogens (tertiary/aromatic N) is 2. The lowest BCUT2D eigenvalue weighted by molar-refractivity contribution is -0.384. The Morgan fingerprint density at radius 2 is 1.87 bits per heavy atom. The second-order valence-corrected chi connectivity index (χ2v) is 5.63. The van der Waals surface area contributed by atoms with Crippen molar-refractivity contribution >= 4 is 16.6 Å². The largest absolute Gasteiger partial charge is 0.396 e. The second-order valence-electron chi connectivity index (χ2n) is 5.63. The van der Waals surface area contributed by atoms with E-state index in [1.165, 1.54) is 12.1 Å². The number of hydrogen-bond acceptors (Lipinski definition) is 3. The summed E-state index contributed by atoms with van der Waals surface area (Å²) in [6.07, 6.45) is 2.65.